The van der Waals surface area contributed by atoms with Gasteiger partial charge in [-0.2, -0.15) is 0 Å². The number of hydrogen-bond donors (Lipinski definition) is 2. The fourth-order valence-corrected chi connectivity index (χ4v) is 9.13. The van der Waals surface area contributed by atoms with Crippen LogP contribution >= 0.6 is 11.3 Å². The number of anilines is 2. The zero-order valence-corrected chi connectivity index (χ0v) is 24.1. The molecule has 12 heteroatoms. The third-order valence-corrected chi connectivity index (χ3v) is 11.9. The molecule has 4 aliphatic rings. The zero-order valence-electron chi connectivity index (χ0n) is 22.4. The van der Waals surface area contributed by atoms with E-state index in [0.29, 0.717) is 34.8 Å². The molecule has 0 radical (unpaired) electrons. The van der Waals surface area contributed by atoms with E-state index in [-0.39, 0.29) is 28.4 Å². The normalized spacial score (nSPS) is 24.6. The number of nitrogens with one attached hydrogen (secondary N) is 2. The van der Waals surface area contributed by atoms with Crippen LogP contribution in [0.1, 0.15) is 70.2 Å². The van der Waals surface area contributed by atoms with E-state index in [4.69, 9.17) is 9.72 Å². The molecule has 4 saturated carbocycles. The Hall–Kier alpha value is -2.99. The number of amides is 1. The summed E-state index contributed by atoms with van der Waals surface area (Å²) in [6, 6.07) is 5.47. The van der Waals surface area contributed by atoms with Crippen LogP contribution in [0.3, 0.4) is 0 Å². The second-order valence-electron chi connectivity index (χ2n) is 11.5. The molecule has 3 aromatic rings. The van der Waals surface area contributed by atoms with Crippen molar-refractivity contribution in [3.8, 4) is 10.4 Å². The summed E-state index contributed by atoms with van der Waals surface area (Å²) in [5, 5.41) is 15.1. The Morgan fingerprint density at radius 2 is 1.87 bits per heavy atom. The number of ether oxygens (including phenoxy) is 1. The first kappa shape index (κ1) is 26.2. The first-order valence-electron chi connectivity index (χ1n) is 13.5. The maximum Gasteiger partial charge on any atom is 0.407 e. The van der Waals surface area contributed by atoms with Crippen LogP contribution in [0.15, 0.2) is 35.5 Å². The van der Waals surface area contributed by atoms with E-state index in [2.05, 4.69) is 20.9 Å². The van der Waals surface area contributed by atoms with Gasteiger partial charge in [0.25, 0.3) is 0 Å². The molecule has 10 nitrogen and oxygen atoms in total. The van der Waals surface area contributed by atoms with Crippen molar-refractivity contribution in [1.82, 2.24) is 25.3 Å². The molecule has 1 aromatic carbocycles. The third kappa shape index (κ3) is 5.04. The van der Waals surface area contributed by atoms with E-state index in [9.17, 15) is 13.2 Å². The second kappa shape index (κ2) is 9.58. The number of aromatic nitrogens is 4. The number of hydrogen-bond acceptors (Lipinski definition) is 9. The summed E-state index contributed by atoms with van der Waals surface area (Å²) < 4.78 is 33.9. The Labute approximate surface area is 232 Å². The van der Waals surface area contributed by atoms with E-state index in [0.717, 1.165) is 48.4 Å². The number of rotatable bonds is 8. The molecule has 39 heavy (non-hydrogen) atoms. The first-order valence-corrected chi connectivity index (χ1v) is 15.9. The number of alkyl carbamates (subject to hydrolysis) is 1. The smallest absolute Gasteiger partial charge is 0.407 e. The van der Waals surface area contributed by atoms with Gasteiger partial charge in [-0.3, -0.25) is 4.68 Å². The highest BCUT2D eigenvalue weighted by Gasteiger charge is 2.51. The number of sulfone groups is 1. The Bertz CT molecular complexity index is 1480. The van der Waals surface area contributed by atoms with Crippen LogP contribution in [0.5, 0.6) is 0 Å². The molecular formula is C27H34N6O4S2. The number of carbonyl (C=O) groups excluding carboxylic acids is 1. The van der Waals surface area contributed by atoms with Crippen LogP contribution in [-0.4, -0.2) is 51.4 Å². The highest BCUT2D eigenvalue weighted by Crippen LogP contribution is 2.55. The lowest BCUT2D eigenvalue weighted by atomic mass is 9.57. The maximum atomic E-state index is 13.5. The fraction of sp³-hybridized carbons (Fsp3) is 0.556. The molecule has 2 aromatic heterocycles. The van der Waals surface area contributed by atoms with Crippen molar-refractivity contribution in [1.29, 1.82) is 0 Å². The van der Waals surface area contributed by atoms with Crippen molar-refractivity contribution in [2.75, 3.05) is 5.32 Å². The van der Waals surface area contributed by atoms with Gasteiger partial charge in [0.2, 0.25) is 0 Å². The van der Waals surface area contributed by atoms with Crippen molar-refractivity contribution < 1.29 is 17.9 Å². The average molecular weight is 571 g/mol. The van der Waals surface area contributed by atoms with E-state index in [1.165, 1.54) is 0 Å². The van der Waals surface area contributed by atoms with Crippen molar-refractivity contribution >= 4 is 38.8 Å². The van der Waals surface area contributed by atoms with Crippen LogP contribution < -0.4 is 10.6 Å². The summed E-state index contributed by atoms with van der Waals surface area (Å²) in [4.78, 5) is 18.4. The van der Waals surface area contributed by atoms with Gasteiger partial charge >= 0.3 is 6.09 Å². The molecule has 0 aliphatic heterocycles. The quantitative estimate of drug-likeness (QED) is 0.383. The summed E-state index contributed by atoms with van der Waals surface area (Å²) in [6.07, 6.45) is 9.97. The number of benzene rings is 1. The highest BCUT2D eigenvalue weighted by atomic mass is 32.2. The van der Waals surface area contributed by atoms with Gasteiger partial charge in [-0.05, 0) is 77.3 Å². The monoisotopic (exact) mass is 570 g/mol. The van der Waals surface area contributed by atoms with Gasteiger partial charge in [-0.25, -0.2) is 18.2 Å². The van der Waals surface area contributed by atoms with Crippen LogP contribution in [0.2, 0.25) is 0 Å². The van der Waals surface area contributed by atoms with Crippen molar-refractivity contribution in [2.45, 2.75) is 92.4 Å². The van der Waals surface area contributed by atoms with Crippen LogP contribution in [0.4, 0.5) is 16.3 Å². The molecular weight excluding hydrogens is 536 g/mol. The van der Waals surface area contributed by atoms with E-state index >= 15 is 0 Å². The number of nitrogens with zero attached hydrogens (tertiary/aromatic N) is 4. The van der Waals surface area contributed by atoms with Gasteiger partial charge in [0, 0.05) is 35.4 Å². The molecule has 0 atom stereocenters. The third-order valence-electron chi connectivity index (χ3n) is 8.31. The predicted molar refractivity (Wildman–Crippen MR) is 149 cm³/mol. The van der Waals surface area contributed by atoms with Gasteiger partial charge in [0.15, 0.2) is 15.7 Å². The minimum atomic E-state index is -3.47. The Balaban J connectivity index is 1.26. The number of fused-ring (bicyclic) bond motifs is 3. The lowest BCUT2D eigenvalue weighted by Crippen LogP contribution is -2.58. The minimum absolute atomic E-state index is 0.0305. The molecule has 0 saturated heterocycles. The molecule has 4 fully saturated rings. The van der Waals surface area contributed by atoms with Gasteiger partial charge in [0.05, 0.1) is 32.3 Å². The fourth-order valence-electron chi connectivity index (χ4n) is 5.95. The molecule has 1 amide bonds. The van der Waals surface area contributed by atoms with Gasteiger partial charge in [-0.15, -0.1) is 16.4 Å². The van der Waals surface area contributed by atoms with Crippen molar-refractivity contribution in [2.24, 2.45) is 7.05 Å². The topological polar surface area (TPSA) is 128 Å². The first-order chi connectivity index (χ1) is 18.6. The Morgan fingerprint density at radius 3 is 2.49 bits per heavy atom. The van der Waals surface area contributed by atoms with Crippen LogP contribution in [0, 0.1) is 0 Å². The minimum Gasteiger partial charge on any atom is -0.447 e. The van der Waals surface area contributed by atoms with Gasteiger partial charge in [-0.1, -0.05) is 11.3 Å². The summed E-state index contributed by atoms with van der Waals surface area (Å²) in [5.74, 6) is 0.553. The highest BCUT2D eigenvalue weighted by molar-refractivity contribution is 7.92. The second-order valence-corrected chi connectivity index (χ2v) is 14.8. The standard InChI is InChI=1S/C27H34N6O4S2/c1-17(2)37-25(34)30-27-11-8-26(9-12-27,10-13-27)24-28-15-21(38-24)20-7-4-18(29-23-16-33(3)32-31-23)14-22(20)39(35,36)19-5-6-19/h4,7,14-17,19,29H,5-6,8-13H2,1-3H3,(H,30,34). The zero-order chi connectivity index (χ0) is 27.4. The number of thiazole rings is 1. The summed E-state index contributed by atoms with van der Waals surface area (Å²) in [5.41, 5.74) is 1.12. The van der Waals surface area contributed by atoms with Crippen molar-refractivity contribution in [3.05, 3.63) is 35.6 Å². The molecule has 7 rings (SSSR count). The van der Waals surface area contributed by atoms with Gasteiger partial charge < -0.3 is 15.4 Å². The molecule has 0 spiro atoms. The maximum absolute atomic E-state index is 13.5. The Kier molecular flexibility index (Phi) is 6.45. The number of carbonyl (C=O) groups is 1. The molecule has 2 N–H and O–H groups in total. The van der Waals surface area contributed by atoms with E-state index < -0.39 is 9.84 Å². The SMILES string of the molecule is CC(C)OC(=O)NC12CCC(c3ncc(-c4ccc(Nc5cn(C)nn5)cc4S(=O)(=O)C4CC4)s3)(CC1)CC2. The van der Waals surface area contributed by atoms with Crippen molar-refractivity contribution in [3.63, 3.8) is 0 Å². The molecule has 208 valence electrons. The molecule has 2 heterocycles. The van der Waals surface area contributed by atoms with Crippen LogP contribution in [-0.2, 0) is 27.0 Å². The predicted octanol–water partition coefficient (Wildman–Crippen LogP) is 5.10. The van der Waals surface area contributed by atoms with E-state index in [1.807, 2.05) is 32.2 Å². The molecule has 4 aliphatic carbocycles. The van der Waals surface area contributed by atoms with E-state index in [1.54, 1.807) is 35.3 Å². The Morgan fingerprint density at radius 1 is 1.15 bits per heavy atom. The largest absolute Gasteiger partial charge is 0.447 e. The van der Waals surface area contributed by atoms with Gasteiger partial charge in [0.1, 0.15) is 0 Å². The summed E-state index contributed by atoms with van der Waals surface area (Å²) >= 11 is 1.60. The lowest BCUT2D eigenvalue weighted by Gasteiger charge is -2.52. The van der Waals surface area contributed by atoms with Crippen LogP contribution in [0.25, 0.3) is 10.4 Å². The average Bonchev–Trinajstić information content (AvgIpc) is 3.52. The summed E-state index contributed by atoms with van der Waals surface area (Å²) in [6.45, 7) is 3.71. The molecule has 2 bridgehead atoms. The number of aryl methyl sites for hydroxylation is 1. The summed E-state index contributed by atoms with van der Waals surface area (Å²) in [7, 11) is -1.69. The molecule has 0 unspecified atom stereocenters. The lowest BCUT2D eigenvalue weighted by molar-refractivity contribution is 0.0560.